The van der Waals surface area contributed by atoms with Crippen LogP contribution < -0.4 is 5.32 Å². The van der Waals surface area contributed by atoms with Gasteiger partial charge in [0.05, 0.1) is 0 Å². The largest absolute Gasteiger partial charge is 0.310 e. The van der Waals surface area contributed by atoms with Gasteiger partial charge in [-0.15, -0.1) is 0 Å². The summed E-state index contributed by atoms with van der Waals surface area (Å²) >= 11 is 0. The normalized spacial score (nSPS) is 13.2. The van der Waals surface area contributed by atoms with Crippen LogP contribution in [0.2, 0.25) is 0 Å². The summed E-state index contributed by atoms with van der Waals surface area (Å²) in [5.74, 6) is 1.20. The van der Waals surface area contributed by atoms with Gasteiger partial charge >= 0.3 is 0 Å². The van der Waals surface area contributed by atoms with E-state index >= 15 is 0 Å². The minimum absolute atomic E-state index is 0.513. The zero-order valence-corrected chi connectivity index (χ0v) is 14.3. The quantitative estimate of drug-likeness (QED) is 0.634. The van der Waals surface area contributed by atoms with Crippen LogP contribution in [0.4, 0.5) is 0 Å². The average molecular weight is 275 g/mol. The molecule has 114 valence electrons. The molecule has 0 heterocycles. The predicted molar refractivity (Wildman–Crippen MR) is 90.6 cm³/mol. The van der Waals surface area contributed by atoms with E-state index < -0.39 is 0 Å². The highest BCUT2D eigenvalue weighted by Crippen LogP contribution is 2.30. The van der Waals surface area contributed by atoms with Crippen molar-refractivity contribution in [3.8, 4) is 0 Å². The van der Waals surface area contributed by atoms with E-state index in [-0.39, 0.29) is 0 Å². The predicted octanol–water partition coefficient (Wildman–Crippen LogP) is 5.77. The molecule has 1 heteroatoms. The fraction of sp³-hybridized carbons (Fsp3) is 0.684. The SMILES string of the molecule is CCCNC(CCC)c1ccc(C(C)C)cc1C(C)C. The summed E-state index contributed by atoms with van der Waals surface area (Å²) in [5.41, 5.74) is 4.50. The highest BCUT2D eigenvalue weighted by atomic mass is 14.9. The Bertz CT molecular complexity index is 393. The molecule has 1 unspecified atom stereocenters. The Morgan fingerprint density at radius 2 is 1.60 bits per heavy atom. The van der Waals surface area contributed by atoms with Crippen molar-refractivity contribution in [1.82, 2.24) is 5.32 Å². The first-order chi connectivity index (χ1) is 9.51. The minimum Gasteiger partial charge on any atom is -0.310 e. The van der Waals surface area contributed by atoms with Gasteiger partial charge in [-0.3, -0.25) is 0 Å². The van der Waals surface area contributed by atoms with Gasteiger partial charge < -0.3 is 5.32 Å². The van der Waals surface area contributed by atoms with E-state index in [9.17, 15) is 0 Å². The van der Waals surface area contributed by atoms with E-state index in [1.54, 1.807) is 0 Å². The van der Waals surface area contributed by atoms with Gasteiger partial charge in [-0.25, -0.2) is 0 Å². The molecule has 0 spiro atoms. The molecule has 1 N–H and O–H groups in total. The first-order valence-electron chi connectivity index (χ1n) is 8.38. The molecule has 0 aliphatic rings. The minimum atomic E-state index is 0.513. The van der Waals surface area contributed by atoms with Crippen LogP contribution in [0.3, 0.4) is 0 Å². The van der Waals surface area contributed by atoms with Crippen LogP contribution in [0.15, 0.2) is 18.2 Å². The zero-order valence-electron chi connectivity index (χ0n) is 14.3. The topological polar surface area (TPSA) is 12.0 Å². The van der Waals surface area contributed by atoms with Crippen molar-refractivity contribution in [3.05, 3.63) is 34.9 Å². The molecule has 1 aromatic rings. The van der Waals surface area contributed by atoms with Gasteiger partial charge in [0, 0.05) is 6.04 Å². The van der Waals surface area contributed by atoms with Crippen molar-refractivity contribution in [2.24, 2.45) is 0 Å². The van der Waals surface area contributed by atoms with E-state index in [2.05, 4.69) is 65.1 Å². The molecule has 0 bridgehead atoms. The molecule has 1 atom stereocenters. The zero-order chi connectivity index (χ0) is 15.1. The maximum atomic E-state index is 3.73. The van der Waals surface area contributed by atoms with Crippen molar-refractivity contribution in [2.75, 3.05) is 6.54 Å². The molecule has 0 fully saturated rings. The third kappa shape index (κ3) is 4.63. The lowest BCUT2D eigenvalue weighted by Gasteiger charge is -2.24. The monoisotopic (exact) mass is 275 g/mol. The molecule has 0 aliphatic heterocycles. The molecule has 1 aromatic carbocycles. The van der Waals surface area contributed by atoms with Gasteiger partial charge in [-0.2, -0.15) is 0 Å². The molecular formula is C19H33N. The van der Waals surface area contributed by atoms with Crippen LogP contribution >= 0.6 is 0 Å². The second-order valence-corrected chi connectivity index (χ2v) is 6.49. The number of hydrogen-bond acceptors (Lipinski definition) is 1. The molecule has 0 aromatic heterocycles. The number of hydrogen-bond donors (Lipinski definition) is 1. The molecule has 1 rings (SSSR count). The van der Waals surface area contributed by atoms with Crippen LogP contribution in [0.25, 0.3) is 0 Å². The van der Waals surface area contributed by atoms with Crippen molar-refractivity contribution in [3.63, 3.8) is 0 Å². The van der Waals surface area contributed by atoms with Gasteiger partial charge in [-0.1, -0.05) is 66.2 Å². The standard InChI is InChI=1S/C19H33N/c1-7-9-19(20-12-8-2)17-11-10-16(14(3)4)13-18(17)15(5)6/h10-11,13-15,19-20H,7-9,12H2,1-6H3. The molecule has 0 amide bonds. The third-order valence-electron chi connectivity index (χ3n) is 3.99. The van der Waals surface area contributed by atoms with Crippen molar-refractivity contribution in [1.29, 1.82) is 0 Å². The Balaban J connectivity index is 3.11. The molecule has 0 radical (unpaired) electrons. The number of rotatable bonds is 8. The first kappa shape index (κ1) is 17.2. The molecule has 1 nitrogen and oxygen atoms in total. The summed E-state index contributed by atoms with van der Waals surface area (Å²) in [6.45, 7) is 14.8. The second kappa shape index (κ2) is 8.46. The van der Waals surface area contributed by atoms with Gasteiger partial charge in [0.25, 0.3) is 0 Å². The highest BCUT2D eigenvalue weighted by Gasteiger charge is 2.16. The van der Waals surface area contributed by atoms with E-state index in [4.69, 9.17) is 0 Å². The average Bonchev–Trinajstić information content (AvgIpc) is 2.42. The van der Waals surface area contributed by atoms with Crippen LogP contribution in [0.5, 0.6) is 0 Å². The van der Waals surface area contributed by atoms with E-state index in [0.29, 0.717) is 17.9 Å². The van der Waals surface area contributed by atoms with Crippen molar-refractivity contribution >= 4 is 0 Å². The Kier molecular flexibility index (Phi) is 7.29. The van der Waals surface area contributed by atoms with Crippen LogP contribution in [0.1, 0.15) is 95.4 Å². The lowest BCUT2D eigenvalue weighted by atomic mass is 9.87. The summed E-state index contributed by atoms with van der Waals surface area (Å²) in [6, 6.07) is 7.63. The van der Waals surface area contributed by atoms with Crippen molar-refractivity contribution < 1.29 is 0 Å². The number of nitrogens with one attached hydrogen (secondary N) is 1. The Hall–Kier alpha value is -0.820. The van der Waals surface area contributed by atoms with E-state index in [1.807, 2.05) is 0 Å². The Morgan fingerprint density at radius 1 is 0.900 bits per heavy atom. The summed E-state index contributed by atoms with van der Waals surface area (Å²) in [5, 5.41) is 3.73. The fourth-order valence-electron chi connectivity index (χ4n) is 2.74. The Labute approximate surface area is 126 Å². The summed E-state index contributed by atoms with van der Waals surface area (Å²) < 4.78 is 0. The Morgan fingerprint density at radius 3 is 2.10 bits per heavy atom. The molecule has 0 saturated carbocycles. The van der Waals surface area contributed by atoms with Gasteiger partial charge in [0.2, 0.25) is 0 Å². The van der Waals surface area contributed by atoms with Crippen molar-refractivity contribution in [2.45, 2.75) is 78.7 Å². The van der Waals surface area contributed by atoms with Crippen LogP contribution in [0, 0.1) is 0 Å². The van der Waals surface area contributed by atoms with Gasteiger partial charge in [0.15, 0.2) is 0 Å². The molecular weight excluding hydrogens is 242 g/mol. The van der Waals surface area contributed by atoms with Crippen LogP contribution in [-0.4, -0.2) is 6.54 Å². The van der Waals surface area contributed by atoms with E-state index in [0.717, 1.165) is 6.54 Å². The highest BCUT2D eigenvalue weighted by molar-refractivity contribution is 5.37. The second-order valence-electron chi connectivity index (χ2n) is 6.49. The summed E-state index contributed by atoms with van der Waals surface area (Å²) in [4.78, 5) is 0. The third-order valence-corrected chi connectivity index (χ3v) is 3.99. The van der Waals surface area contributed by atoms with Gasteiger partial charge in [0.1, 0.15) is 0 Å². The lowest BCUT2D eigenvalue weighted by Crippen LogP contribution is -2.23. The maximum Gasteiger partial charge on any atom is 0.0322 e. The van der Waals surface area contributed by atoms with Crippen LogP contribution in [-0.2, 0) is 0 Å². The lowest BCUT2D eigenvalue weighted by molar-refractivity contribution is 0.489. The smallest absolute Gasteiger partial charge is 0.0322 e. The summed E-state index contributed by atoms with van der Waals surface area (Å²) in [7, 11) is 0. The maximum absolute atomic E-state index is 3.73. The number of benzene rings is 1. The molecule has 0 saturated heterocycles. The molecule has 20 heavy (non-hydrogen) atoms. The van der Waals surface area contributed by atoms with Gasteiger partial charge in [-0.05, 0) is 47.9 Å². The first-order valence-corrected chi connectivity index (χ1v) is 8.38. The molecule has 0 aliphatic carbocycles. The van der Waals surface area contributed by atoms with E-state index in [1.165, 1.54) is 36.0 Å². The summed E-state index contributed by atoms with van der Waals surface area (Å²) in [6.07, 6.45) is 3.65. The fourth-order valence-corrected chi connectivity index (χ4v) is 2.74.